The van der Waals surface area contributed by atoms with Crippen LogP contribution >= 0.6 is 12.0 Å². The first-order valence-corrected chi connectivity index (χ1v) is 9.47. The van der Waals surface area contributed by atoms with Crippen LogP contribution in [0.25, 0.3) is 10.8 Å². The van der Waals surface area contributed by atoms with Gasteiger partial charge in [-0.15, -0.1) is 5.11 Å². The zero-order chi connectivity index (χ0) is 20.8. The van der Waals surface area contributed by atoms with Gasteiger partial charge in [0.15, 0.2) is 5.75 Å². The summed E-state index contributed by atoms with van der Waals surface area (Å²) in [5, 5.41) is 36.6. The molecule has 1 amide bonds. The van der Waals surface area contributed by atoms with E-state index in [4.69, 9.17) is 0 Å². The van der Waals surface area contributed by atoms with Crippen LogP contribution in [0, 0.1) is 0 Å². The number of anilines is 1. The molecule has 30 heavy (non-hydrogen) atoms. The molecule has 8 nitrogen and oxygen atoms in total. The summed E-state index contributed by atoms with van der Waals surface area (Å²) in [5.74, 6) is -0.395. The minimum absolute atomic E-state index is 0. The average molecular weight is 435 g/mol. The summed E-state index contributed by atoms with van der Waals surface area (Å²) < 4.78 is 4.41. The Kier molecular flexibility index (Phi) is 9.25. The Hall–Kier alpha value is -1.98. The van der Waals surface area contributed by atoms with Crippen molar-refractivity contribution >= 4 is 45.8 Å². The van der Waals surface area contributed by atoms with E-state index >= 15 is 0 Å². The number of amides is 1. The number of phenolic OH excluding ortho intramolecular Hbond substituents is 1. The Morgan fingerprint density at radius 1 is 1.17 bits per heavy atom. The van der Waals surface area contributed by atoms with Gasteiger partial charge in [-0.1, -0.05) is 25.1 Å². The zero-order valence-corrected chi connectivity index (χ0v) is 19.5. The van der Waals surface area contributed by atoms with E-state index in [9.17, 15) is 15.2 Å². The van der Waals surface area contributed by atoms with Crippen molar-refractivity contribution in [2.24, 2.45) is 10.2 Å². The van der Waals surface area contributed by atoms with E-state index in [1.165, 1.54) is 12.5 Å². The number of hydrogen-bond acceptors (Lipinski definition) is 8. The molecular weight excluding hydrogens is 417 g/mol. The first kappa shape index (κ1) is 24.3. The summed E-state index contributed by atoms with van der Waals surface area (Å²) in [7, 11) is 0. The maximum absolute atomic E-state index is 11.3. The second kappa shape index (κ2) is 11.4. The van der Waals surface area contributed by atoms with Gasteiger partial charge in [0.2, 0.25) is 5.91 Å². The summed E-state index contributed by atoms with van der Waals surface area (Å²) in [5.41, 5.74) is 2.41. The second-order valence-corrected chi connectivity index (χ2v) is 6.87. The number of phenols is 1. The van der Waals surface area contributed by atoms with Gasteiger partial charge in [0.1, 0.15) is 5.69 Å². The van der Waals surface area contributed by atoms with Crippen molar-refractivity contribution in [3.05, 3.63) is 54.1 Å². The normalized spacial score (nSPS) is 10.9. The molecule has 0 radical (unpaired) electrons. The number of aryl methyl sites for hydroxylation is 1. The molecule has 0 aliphatic rings. The number of carbonyl (C=O) groups is 1. The molecule has 0 aromatic heterocycles. The van der Waals surface area contributed by atoms with E-state index in [0.717, 1.165) is 6.42 Å². The van der Waals surface area contributed by atoms with Crippen molar-refractivity contribution in [2.75, 3.05) is 5.32 Å². The molecule has 0 aliphatic heterocycles. The van der Waals surface area contributed by atoms with Crippen LogP contribution in [0.1, 0.15) is 19.4 Å². The number of hydrogen-bond donors (Lipinski definition) is 2. The van der Waals surface area contributed by atoms with E-state index in [1.807, 2.05) is 24.3 Å². The number of nitrogens with one attached hydrogen (secondary N) is 1. The molecule has 0 heterocycles. The van der Waals surface area contributed by atoms with Crippen LogP contribution in [0.3, 0.4) is 0 Å². The van der Waals surface area contributed by atoms with Gasteiger partial charge in [-0.3, -0.25) is 9.83 Å². The van der Waals surface area contributed by atoms with Crippen LogP contribution in [0.4, 0.5) is 17.1 Å². The standard InChI is InChI=1S/C20H19N3O5S.Na/c1-3-13-4-7-15(8-5-13)22-23-19-18(29-28-27-26)10-14-6-9-16(21-12(2)24)11-17(14)20(19)25;/h4-11,25-26H,3H2,1-2H3,(H,21,24);/q;+1/p-1. The third-order valence-electron chi connectivity index (χ3n) is 4.13. The molecule has 0 atom stereocenters. The molecule has 0 bridgehead atoms. The van der Waals surface area contributed by atoms with Gasteiger partial charge in [-0.05, 0) is 47.7 Å². The van der Waals surface area contributed by atoms with Gasteiger partial charge in [-0.2, -0.15) is 9.45 Å². The quantitative estimate of drug-likeness (QED) is 0.192. The second-order valence-electron chi connectivity index (χ2n) is 6.13. The first-order chi connectivity index (χ1) is 14.0. The van der Waals surface area contributed by atoms with Crippen molar-refractivity contribution in [1.29, 1.82) is 0 Å². The Bertz CT molecular complexity index is 1060. The monoisotopic (exact) mass is 435 g/mol. The number of nitrogens with zero attached hydrogens (tertiary/aromatic N) is 2. The average Bonchev–Trinajstić information content (AvgIpc) is 2.72. The largest absolute Gasteiger partial charge is 1.00 e. The van der Waals surface area contributed by atoms with Crippen LogP contribution in [0.2, 0.25) is 0 Å². The van der Waals surface area contributed by atoms with E-state index in [0.29, 0.717) is 39.1 Å². The predicted molar refractivity (Wildman–Crippen MR) is 108 cm³/mol. The molecule has 0 spiro atoms. The van der Waals surface area contributed by atoms with Gasteiger partial charge in [0.25, 0.3) is 0 Å². The van der Waals surface area contributed by atoms with Crippen LogP contribution in [0.15, 0.2) is 63.7 Å². The number of rotatable bonds is 7. The van der Waals surface area contributed by atoms with Crippen LogP contribution in [-0.4, -0.2) is 11.0 Å². The molecule has 0 aliphatic carbocycles. The van der Waals surface area contributed by atoms with E-state index in [-0.39, 0.29) is 46.9 Å². The number of azo groups is 1. The third kappa shape index (κ3) is 6.02. The fraction of sp³-hybridized carbons (Fsp3) is 0.150. The van der Waals surface area contributed by atoms with Crippen molar-refractivity contribution < 1.29 is 54.1 Å². The van der Waals surface area contributed by atoms with Gasteiger partial charge < -0.3 is 15.7 Å². The summed E-state index contributed by atoms with van der Waals surface area (Å²) in [6, 6.07) is 14.2. The summed E-state index contributed by atoms with van der Waals surface area (Å²) >= 11 is 0.614. The molecule has 3 aromatic rings. The number of benzene rings is 3. The van der Waals surface area contributed by atoms with Gasteiger partial charge in [0.05, 0.1) is 22.6 Å². The van der Waals surface area contributed by atoms with Crippen molar-refractivity contribution in [3.8, 4) is 5.75 Å². The minimum Gasteiger partial charge on any atom is -0.691 e. The van der Waals surface area contributed by atoms with Gasteiger partial charge in [0, 0.05) is 18.0 Å². The molecule has 10 heteroatoms. The van der Waals surface area contributed by atoms with Gasteiger partial charge in [-0.25, -0.2) is 0 Å². The zero-order valence-electron chi connectivity index (χ0n) is 16.7. The van der Waals surface area contributed by atoms with Crippen molar-refractivity contribution in [3.63, 3.8) is 0 Å². The van der Waals surface area contributed by atoms with E-state index < -0.39 is 0 Å². The topological polar surface area (TPSA) is 116 Å². The maximum atomic E-state index is 11.3. The molecule has 2 N–H and O–H groups in total. The Morgan fingerprint density at radius 2 is 1.90 bits per heavy atom. The van der Waals surface area contributed by atoms with Gasteiger partial charge >= 0.3 is 29.6 Å². The van der Waals surface area contributed by atoms with Crippen LogP contribution < -0.4 is 40.1 Å². The number of fused-ring (bicyclic) bond motifs is 1. The first-order valence-electron chi connectivity index (χ1n) is 8.73. The number of carbonyl (C=O) groups excluding carboxylic acids is 1. The van der Waals surface area contributed by atoms with Crippen molar-refractivity contribution in [1.82, 2.24) is 0 Å². The summed E-state index contributed by atoms with van der Waals surface area (Å²) in [6.45, 7) is 3.45. The summed E-state index contributed by atoms with van der Waals surface area (Å²) in [4.78, 5) is 11.6. The Morgan fingerprint density at radius 3 is 2.53 bits per heavy atom. The van der Waals surface area contributed by atoms with E-state index in [1.54, 1.807) is 24.3 Å². The van der Waals surface area contributed by atoms with Crippen LogP contribution in [-0.2, 0) is 20.6 Å². The fourth-order valence-electron chi connectivity index (χ4n) is 2.74. The summed E-state index contributed by atoms with van der Waals surface area (Å²) in [6.07, 6.45) is 0.910. The smallest absolute Gasteiger partial charge is 0.691 e. The third-order valence-corrected chi connectivity index (χ3v) is 4.75. The molecular formula is C20H18N3NaO5S. The molecule has 0 unspecified atom stereocenters. The Labute approximate surface area is 199 Å². The van der Waals surface area contributed by atoms with E-state index in [2.05, 4.69) is 31.8 Å². The molecule has 0 fully saturated rings. The maximum Gasteiger partial charge on any atom is 1.00 e. The number of aromatic hydroxyl groups is 1. The molecule has 150 valence electrons. The molecule has 0 saturated heterocycles. The van der Waals surface area contributed by atoms with Crippen LogP contribution in [0.5, 0.6) is 5.75 Å². The fourth-order valence-corrected chi connectivity index (χ4v) is 3.23. The van der Waals surface area contributed by atoms with Crippen molar-refractivity contribution in [2.45, 2.75) is 25.2 Å². The molecule has 0 saturated carbocycles. The molecule has 3 aromatic carbocycles. The minimum atomic E-state index is -0.229. The molecule has 3 rings (SSSR count). The SMILES string of the molecule is CCc1ccc(N=Nc2c(SOO[O-])cc3ccc(NC(C)=O)cc3c2O)cc1.[Na+]. The predicted octanol–water partition coefficient (Wildman–Crippen LogP) is 1.72. The Balaban J connectivity index is 0.00000320.